The summed E-state index contributed by atoms with van der Waals surface area (Å²) in [5.41, 5.74) is 4.24. The minimum Gasteiger partial charge on any atom is -0.497 e. The van der Waals surface area contributed by atoms with Crippen LogP contribution in [0.15, 0.2) is 18.2 Å². The maximum absolute atomic E-state index is 10.8. The van der Waals surface area contributed by atoms with Crippen LogP contribution >= 0.6 is 0 Å². The van der Waals surface area contributed by atoms with Gasteiger partial charge < -0.3 is 14.6 Å². The summed E-state index contributed by atoms with van der Waals surface area (Å²) < 4.78 is 11.1. The van der Waals surface area contributed by atoms with Crippen molar-refractivity contribution in [1.82, 2.24) is 0 Å². The third kappa shape index (κ3) is 2.75. The predicted molar refractivity (Wildman–Crippen MR) is 82.1 cm³/mol. The average molecular weight is 290 g/mol. The highest BCUT2D eigenvalue weighted by Crippen LogP contribution is 2.46. The fraction of sp³-hybridized carbons (Fsp3) is 0.500. The van der Waals surface area contributed by atoms with Gasteiger partial charge in [0.15, 0.2) is 0 Å². The Bertz CT molecular complexity index is 590. The van der Waals surface area contributed by atoms with Crippen LogP contribution in [-0.4, -0.2) is 20.3 Å². The molecule has 0 spiro atoms. The number of hydrogen-bond acceptors (Lipinski definition) is 3. The zero-order valence-corrected chi connectivity index (χ0v) is 14.0. The first-order valence-corrected chi connectivity index (χ1v) is 10.2. The maximum atomic E-state index is 10.8. The average Bonchev–Trinajstić information content (AvgIpc) is 2.54. The largest absolute Gasteiger partial charge is 0.497 e. The van der Waals surface area contributed by atoms with Crippen molar-refractivity contribution in [1.29, 1.82) is 0 Å². The van der Waals surface area contributed by atoms with E-state index in [0.717, 1.165) is 11.3 Å². The molecule has 1 heterocycles. The molecular weight excluding hydrogens is 268 g/mol. The van der Waals surface area contributed by atoms with E-state index < -0.39 is 19.5 Å². The molecule has 0 bridgehead atoms. The highest BCUT2D eigenvalue weighted by Gasteiger charge is 2.47. The van der Waals surface area contributed by atoms with Gasteiger partial charge in [0.2, 0.25) is 0 Å². The zero-order valence-electron chi connectivity index (χ0n) is 13.0. The molecule has 4 heteroatoms. The Morgan fingerprint density at radius 1 is 1.20 bits per heavy atom. The molecule has 20 heavy (non-hydrogen) atoms. The smallest absolute Gasteiger partial charge is 0.259 e. The lowest BCUT2D eigenvalue weighted by molar-refractivity contribution is -0.210. The normalized spacial score (nSPS) is 23.8. The van der Waals surface area contributed by atoms with Crippen molar-refractivity contribution in [3.05, 3.63) is 29.3 Å². The minimum atomic E-state index is -1.58. The summed E-state index contributed by atoms with van der Waals surface area (Å²) >= 11 is 0. The Morgan fingerprint density at radius 2 is 1.85 bits per heavy atom. The lowest BCUT2D eigenvalue weighted by Crippen LogP contribution is -2.28. The van der Waals surface area contributed by atoms with Gasteiger partial charge in [-0.3, -0.25) is 0 Å². The van der Waals surface area contributed by atoms with Crippen molar-refractivity contribution >= 4 is 8.07 Å². The molecule has 2 rings (SSSR count). The molecule has 1 aliphatic heterocycles. The van der Waals surface area contributed by atoms with E-state index in [0.29, 0.717) is 5.56 Å². The molecule has 3 nitrogen and oxygen atoms in total. The van der Waals surface area contributed by atoms with Crippen LogP contribution < -0.4 is 4.74 Å². The van der Waals surface area contributed by atoms with Gasteiger partial charge >= 0.3 is 0 Å². The van der Waals surface area contributed by atoms with Gasteiger partial charge in [-0.25, -0.2) is 0 Å². The fourth-order valence-electron chi connectivity index (χ4n) is 2.29. The lowest BCUT2D eigenvalue weighted by Gasteiger charge is -2.23. The number of rotatable bonds is 1. The van der Waals surface area contributed by atoms with Crippen LogP contribution in [-0.2, 0) is 16.1 Å². The van der Waals surface area contributed by atoms with Gasteiger partial charge in [0.05, 0.1) is 12.7 Å². The SMILES string of the molecule is COc1ccc2c(c1)C(C)(C)OC2(O)C#C[Si](C)(C)C. The van der Waals surface area contributed by atoms with Crippen LogP contribution in [0.5, 0.6) is 5.75 Å². The number of hydrogen-bond donors (Lipinski definition) is 1. The van der Waals surface area contributed by atoms with Crippen molar-refractivity contribution in [2.24, 2.45) is 0 Å². The van der Waals surface area contributed by atoms with Crippen molar-refractivity contribution in [2.75, 3.05) is 7.11 Å². The topological polar surface area (TPSA) is 38.7 Å². The summed E-state index contributed by atoms with van der Waals surface area (Å²) in [6, 6.07) is 5.57. The molecule has 1 aromatic carbocycles. The van der Waals surface area contributed by atoms with E-state index in [-0.39, 0.29) is 0 Å². The molecule has 1 atom stereocenters. The zero-order chi connectivity index (χ0) is 15.2. The molecule has 108 valence electrons. The van der Waals surface area contributed by atoms with Crippen molar-refractivity contribution in [2.45, 2.75) is 44.9 Å². The molecule has 1 unspecified atom stereocenters. The number of benzene rings is 1. The third-order valence-electron chi connectivity index (χ3n) is 3.25. The minimum absolute atomic E-state index is 0.591. The van der Waals surface area contributed by atoms with E-state index >= 15 is 0 Å². The van der Waals surface area contributed by atoms with Gasteiger partial charge in [-0.05, 0) is 43.5 Å². The summed E-state index contributed by atoms with van der Waals surface area (Å²) in [4.78, 5) is 0. The Labute approximate surface area is 121 Å². The molecule has 0 aromatic heterocycles. The Kier molecular flexibility index (Phi) is 3.50. The van der Waals surface area contributed by atoms with Crippen LogP contribution in [0.4, 0.5) is 0 Å². The number of ether oxygens (including phenoxy) is 2. The molecule has 0 amide bonds. The predicted octanol–water partition coefficient (Wildman–Crippen LogP) is 2.99. The van der Waals surface area contributed by atoms with Crippen LogP contribution in [0.2, 0.25) is 19.6 Å². The molecule has 1 aliphatic rings. The van der Waals surface area contributed by atoms with E-state index in [1.165, 1.54) is 0 Å². The standard InChI is InChI=1S/C16H22O3Si/c1-15(2)14-11-12(18-3)7-8-13(14)16(17,19-15)9-10-20(4,5)6/h7-8,11,17H,1-6H3. The van der Waals surface area contributed by atoms with Crippen LogP contribution in [0, 0.1) is 11.5 Å². The van der Waals surface area contributed by atoms with E-state index in [9.17, 15) is 5.11 Å². The Hall–Kier alpha value is -1.28. The number of aliphatic hydroxyl groups is 1. The summed E-state index contributed by atoms with van der Waals surface area (Å²) in [5, 5.41) is 10.8. The van der Waals surface area contributed by atoms with Crippen LogP contribution in [0.1, 0.15) is 25.0 Å². The van der Waals surface area contributed by atoms with E-state index in [2.05, 4.69) is 31.1 Å². The second-order valence-corrected chi connectivity index (χ2v) is 11.4. The fourth-order valence-corrected chi connectivity index (χ4v) is 2.83. The van der Waals surface area contributed by atoms with Gasteiger partial charge in [0.25, 0.3) is 5.79 Å². The molecule has 0 aliphatic carbocycles. The highest BCUT2D eigenvalue weighted by atomic mass is 28.3. The monoisotopic (exact) mass is 290 g/mol. The van der Waals surface area contributed by atoms with Gasteiger partial charge in [-0.15, -0.1) is 5.54 Å². The Morgan fingerprint density at radius 3 is 2.40 bits per heavy atom. The van der Waals surface area contributed by atoms with Crippen LogP contribution in [0.25, 0.3) is 0 Å². The summed E-state index contributed by atoms with van der Waals surface area (Å²) in [7, 11) is 0.0438. The summed E-state index contributed by atoms with van der Waals surface area (Å²) in [6.45, 7) is 10.3. The molecule has 0 saturated heterocycles. The van der Waals surface area contributed by atoms with Crippen molar-refractivity contribution in [3.8, 4) is 17.2 Å². The van der Waals surface area contributed by atoms with Crippen molar-refractivity contribution in [3.63, 3.8) is 0 Å². The Balaban J connectivity index is 2.54. The van der Waals surface area contributed by atoms with Crippen molar-refractivity contribution < 1.29 is 14.6 Å². The number of fused-ring (bicyclic) bond motifs is 1. The quantitative estimate of drug-likeness (QED) is 0.638. The van der Waals surface area contributed by atoms with Gasteiger partial charge in [0, 0.05) is 5.56 Å². The first kappa shape index (κ1) is 15.1. The van der Waals surface area contributed by atoms with Gasteiger partial charge in [-0.2, -0.15) is 0 Å². The summed E-state index contributed by atoms with van der Waals surface area (Å²) in [6.07, 6.45) is 0. The summed E-state index contributed by atoms with van der Waals surface area (Å²) in [5.74, 6) is 2.18. The van der Waals surface area contributed by atoms with E-state index in [1.54, 1.807) is 7.11 Å². The first-order chi connectivity index (χ1) is 9.07. The molecule has 1 aromatic rings. The first-order valence-electron chi connectivity index (χ1n) is 6.73. The van der Waals surface area contributed by atoms with Gasteiger partial charge in [-0.1, -0.05) is 19.6 Å². The molecule has 0 saturated carbocycles. The van der Waals surface area contributed by atoms with Crippen LogP contribution in [0.3, 0.4) is 0 Å². The van der Waals surface area contributed by atoms with Gasteiger partial charge in [0.1, 0.15) is 13.8 Å². The third-order valence-corrected chi connectivity index (χ3v) is 4.13. The molecule has 0 fully saturated rings. The van der Waals surface area contributed by atoms with E-state index in [1.807, 2.05) is 32.0 Å². The molecule has 1 N–H and O–H groups in total. The number of methoxy groups -OCH3 is 1. The van der Waals surface area contributed by atoms with E-state index in [4.69, 9.17) is 9.47 Å². The second-order valence-electron chi connectivity index (χ2n) is 6.67. The molecular formula is C16H22O3Si. The maximum Gasteiger partial charge on any atom is 0.259 e. The lowest BCUT2D eigenvalue weighted by atomic mass is 9.93. The second kappa shape index (κ2) is 4.63. The highest BCUT2D eigenvalue weighted by molar-refractivity contribution is 6.83. The molecule has 0 radical (unpaired) electrons.